The van der Waals surface area contributed by atoms with Gasteiger partial charge in [-0.2, -0.15) is 0 Å². The second-order valence-corrected chi connectivity index (χ2v) is 7.49. The molecule has 1 atom stereocenters. The van der Waals surface area contributed by atoms with Crippen LogP contribution in [0.4, 0.5) is 0 Å². The molecular formula is C17H30N2O3. The van der Waals surface area contributed by atoms with Crippen LogP contribution in [0.15, 0.2) is 0 Å². The summed E-state index contributed by atoms with van der Waals surface area (Å²) in [7, 11) is 0. The Labute approximate surface area is 133 Å². The predicted octanol–water partition coefficient (Wildman–Crippen LogP) is 1.45. The van der Waals surface area contributed by atoms with Crippen molar-refractivity contribution < 1.29 is 14.6 Å². The molecule has 0 bridgehead atoms. The van der Waals surface area contributed by atoms with E-state index in [4.69, 9.17) is 4.74 Å². The largest absolute Gasteiger partial charge is 0.356 e. The number of likely N-dealkylation sites (tertiary alicyclic amines) is 2. The molecule has 22 heavy (non-hydrogen) atoms. The molecule has 3 aliphatic rings. The molecule has 2 saturated heterocycles. The highest BCUT2D eigenvalue weighted by Crippen LogP contribution is 2.50. The number of piperidine rings is 1. The van der Waals surface area contributed by atoms with Crippen LogP contribution in [0.3, 0.4) is 0 Å². The van der Waals surface area contributed by atoms with Crippen molar-refractivity contribution in [3.63, 3.8) is 0 Å². The van der Waals surface area contributed by atoms with Crippen molar-refractivity contribution in [2.75, 3.05) is 32.8 Å². The van der Waals surface area contributed by atoms with Crippen LogP contribution in [0.2, 0.25) is 0 Å². The number of Topliss-reactive ketones (excluding diaryl/α,β-unsaturated/α-hetero) is 1. The second kappa shape index (κ2) is 6.56. The number of ether oxygens (including phenoxy) is 1. The molecule has 0 radical (unpaired) electrons. The maximum Gasteiger partial charge on any atom is 0.216 e. The van der Waals surface area contributed by atoms with Crippen molar-refractivity contribution in [3.8, 4) is 0 Å². The van der Waals surface area contributed by atoms with Gasteiger partial charge in [-0.15, -0.1) is 0 Å². The molecule has 0 amide bonds. The van der Waals surface area contributed by atoms with Crippen LogP contribution in [0.25, 0.3) is 0 Å². The summed E-state index contributed by atoms with van der Waals surface area (Å²) in [6.07, 6.45) is 5.01. The minimum absolute atomic E-state index is 0.300. The summed E-state index contributed by atoms with van der Waals surface area (Å²) in [4.78, 5) is 16.1. The zero-order valence-corrected chi connectivity index (χ0v) is 14.0. The number of carbonyl (C=O) groups is 1. The molecule has 1 spiro atoms. The fourth-order valence-corrected chi connectivity index (χ4v) is 4.62. The summed E-state index contributed by atoms with van der Waals surface area (Å²) in [5.74, 6) is 0.662. The predicted molar refractivity (Wildman–Crippen MR) is 84.3 cm³/mol. The molecule has 3 fully saturated rings. The van der Waals surface area contributed by atoms with Gasteiger partial charge in [0.05, 0.1) is 0 Å². The van der Waals surface area contributed by atoms with Crippen LogP contribution in [-0.4, -0.2) is 65.9 Å². The fraction of sp³-hybridized carbons (Fsp3) is 0.941. The summed E-state index contributed by atoms with van der Waals surface area (Å²) in [6, 6.07) is 0.692. The first-order valence-corrected chi connectivity index (χ1v) is 8.81. The highest BCUT2D eigenvalue weighted by molar-refractivity contribution is 5.78. The van der Waals surface area contributed by atoms with Crippen LogP contribution in [0.1, 0.15) is 46.0 Å². The Balaban J connectivity index is 1.44. The van der Waals surface area contributed by atoms with Crippen LogP contribution in [-0.2, 0) is 9.53 Å². The second-order valence-electron chi connectivity index (χ2n) is 7.49. The van der Waals surface area contributed by atoms with Crippen LogP contribution >= 0.6 is 0 Å². The van der Waals surface area contributed by atoms with Gasteiger partial charge in [0.25, 0.3) is 0 Å². The van der Waals surface area contributed by atoms with E-state index in [1.165, 1.54) is 19.3 Å². The Kier molecular flexibility index (Phi) is 4.88. The molecule has 5 heteroatoms. The minimum atomic E-state index is -0.727. The van der Waals surface area contributed by atoms with E-state index < -0.39 is 6.41 Å². The smallest absolute Gasteiger partial charge is 0.216 e. The Bertz CT molecular complexity index is 401. The molecule has 3 rings (SSSR count). The van der Waals surface area contributed by atoms with Gasteiger partial charge in [0.1, 0.15) is 5.78 Å². The highest BCUT2D eigenvalue weighted by Gasteiger charge is 2.51. The molecule has 0 aromatic carbocycles. The molecule has 126 valence electrons. The SMILES string of the molecule is CCOC(O)N1CCC2(CC(N3CCC(C(C)=O)CC3)C2)C1. The van der Waals surface area contributed by atoms with Gasteiger partial charge >= 0.3 is 0 Å². The molecule has 1 aliphatic carbocycles. The normalized spacial score (nSPS) is 35.7. The lowest BCUT2D eigenvalue weighted by Gasteiger charge is -2.51. The van der Waals surface area contributed by atoms with Crippen molar-refractivity contribution in [2.24, 2.45) is 11.3 Å². The average Bonchev–Trinajstić information content (AvgIpc) is 2.91. The summed E-state index contributed by atoms with van der Waals surface area (Å²) < 4.78 is 5.30. The summed E-state index contributed by atoms with van der Waals surface area (Å²) in [6.45, 7) is 8.27. The maximum absolute atomic E-state index is 11.5. The van der Waals surface area contributed by atoms with E-state index >= 15 is 0 Å². The lowest BCUT2D eigenvalue weighted by atomic mass is 9.64. The van der Waals surface area contributed by atoms with Gasteiger partial charge in [-0.1, -0.05) is 0 Å². The fourth-order valence-electron chi connectivity index (χ4n) is 4.62. The maximum atomic E-state index is 11.5. The van der Waals surface area contributed by atoms with E-state index in [0.717, 1.165) is 39.0 Å². The van der Waals surface area contributed by atoms with Crippen LogP contribution in [0.5, 0.6) is 0 Å². The zero-order valence-electron chi connectivity index (χ0n) is 14.0. The van der Waals surface area contributed by atoms with Crippen LogP contribution in [0, 0.1) is 11.3 Å². The third kappa shape index (κ3) is 3.23. The van der Waals surface area contributed by atoms with Crippen molar-refractivity contribution in [3.05, 3.63) is 0 Å². The molecular weight excluding hydrogens is 280 g/mol. The number of aliphatic hydroxyl groups is 1. The number of aliphatic hydroxyl groups excluding tert-OH is 1. The minimum Gasteiger partial charge on any atom is -0.356 e. The van der Waals surface area contributed by atoms with E-state index in [1.54, 1.807) is 6.92 Å². The number of nitrogens with zero attached hydrogens (tertiary/aromatic N) is 2. The van der Waals surface area contributed by atoms with Gasteiger partial charge < -0.3 is 14.7 Å². The molecule has 1 unspecified atom stereocenters. The zero-order chi connectivity index (χ0) is 15.7. The third-order valence-corrected chi connectivity index (χ3v) is 6.05. The summed E-state index contributed by atoms with van der Waals surface area (Å²) in [5, 5.41) is 9.96. The highest BCUT2D eigenvalue weighted by atomic mass is 16.6. The summed E-state index contributed by atoms with van der Waals surface area (Å²) >= 11 is 0. The molecule has 0 aromatic heterocycles. The quantitative estimate of drug-likeness (QED) is 0.779. The number of ketones is 1. The van der Waals surface area contributed by atoms with E-state index in [1.807, 2.05) is 6.92 Å². The van der Waals surface area contributed by atoms with Gasteiger partial charge in [-0.3, -0.25) is 9.69 Å². The van der Waals surface area contributed by atoms with Gasteiger partial charge in [0, 0.05) is 31.7 Å². The monoisotopic (exact) mass is 310 g/mol. The van der Waals surface area contributed by atoms with E-state index in [0.29, 0.717) is 29.8 Å². The standard InChI is InChI=1S/C17H30N2O3/c1-3-22-16(21)19-9-6-17(12-19)10-15(11-17)18-7-4-14(5-8-18)13(2)20/h14-16,21H,3-12H2,1-2H3. The van der Waals surface area contributed by atoms with Crippen molar-refractivity contribution >= 4 is 5.78 Å². The van der Waals surface area contributed by atoms with Crippen LogP contribution < -0.4 is 0 Å². The Morgan fingerprint density at radius 2 is 2.00 bits per heavy atom. The Morgan fingerprint density at radius 3 is 2.59 bits per heavy atom. The first kappa shape index (κ1) is 16.4. The number of carbonyl (C=O) groups excluding carboxylic acids is 1. The van der Waals surface area contributed by atoms with Gasteiger partial charge in [-0.25, -0.2) is 0 Å². The van der Waals surface area contributed by atoms with E-state index in [2.05, 4.69) is 9.80 Å². The molecule has 5 nitrogen and oxygen atoms in total. The molecule has 0 aromatic rings. The lowest BCUT2D eigenvalue weighted by molar-refractivity contribution is -0.188. The molecule has 2 aliphatic heterocycles. The molecule has 1 N–H and O–H groups in total. The molecule has 2 heterocycles. The molecule has 1 saturated carbocycles. The van der Waals surface area contributed by atoms with Crippen molar-refractivity contribution in [2.45, 2.75) is 58.4 Å². The van der Waals surface area contributed by atoms with Crippen molar-refractivity contribution in [1.29, 1.82) is 0 Å². The number of hydrogen-bond donors (Lipinski definition) is 1. The third-order valence-electron chi connectivity index (χ3n) is 6.05. The Morgan fingerprint density at radius 1 is 1.32 bits per heavy atom. The van der Waals surface area contributed by atoms with Crippen molar-refractivity contribution in [1.82, 2.24) is 9.80 Å². The summed E-state index contributed by atoms with van der Waals surface area (Å²) in [5.41, 5.74) is 0.403. The topological polar surface area (TPSA) is 53.0 Å². The van der Waals surface area contributed by atoms with E-state index in [-0.39, 0.29) is 0 Å². The number of rotatable bonds is 5. The van der Waals surface area contributed by atoms with Gasteiger partial charge in [0.2, 0.25) is 6.41 Å². The van der Waals surface area contributed by atoms with Gasteiger partial charge in [-0.05, 0) is 64.5 Å². The number of hydrogen-bond acceptors (Lipinski definition) is 5. The van der Waals surface area contributed by atoms with Gasteiger partial charge in [0.15, 0.2) is 0 Å². The first-order valence-electron chi connectivity index (χ1n) is 8.81. The lowest BCUT2D eigenvalue weighted by Crippen LogP contribution is -2.54. The Hall–Kier alpha value is -0.490. The average molecular weight is 310 g/mol. The van der Waals surface area contributed by atoms with E-state index in [9.17, 15) is 9.90 Å². The first-order chi connectivity index (χ1) is 10.5.